The number of amides is 1. The van der Waals surface area contributed by atoms with Gasteiger partial charge < -0.3 is 45.3 Å². The Bertz CT molecular complexity index is 979. The van der Waals surface area contributed by atoms with Gasteiger partial charge in [-0.05, 0) is 0 Å². The van der Waals surface area contributed by atoms with Crippen LogP contribution >= 0.6 is 0 Å². The van der Waals surface area contributed by atoms with Gasteiger partial charge in [-0.25, -0.2) is 4.98 Å². The summed E-state index contributed by atoms with van der Waals surface area (Å²) in [5.74, 6) is 0.274. The van der Waals surface area contributed by atoms with Gasteiger partial charge in [0.15, 0.2) is 11.5 Å². The van der Waals surface area contributed by atoms with Crippen LogP contribution in [0.15, 0.2) is 16.9 Å². The maximum absolute atomic E-state index is 12.4. The van der Waals surface area contributed by atoms with E-state index in [1.54, 1.807) is 12.1 Å². The number of carbonyl (C=O) groups excluding carboxylic acids is 1. The molecule has 12 nitrogen and oxygen atoms in total. The highest BCUT2D eigenvalue weighted by atomic mass is 16.7. The van der Waals surface area contributed by atoms with Crippen LogP contribution < -0.4 is 20.3 Å². The molecular weight excluding hydrogens is 402 g/mol. The number of carbonyl (C=O) groups is 1. The van der Waals surface area contributed by atoms with E-state index >= 15 is 0 Å². The number of nitrogens with one attached hydrogen (secondary N) is 2. The van der Waals surface area contributed by atoms with Crippen LogP contribution in [0.1, 0.15) is 12.6 Å². The molecule has 2 aromatic rings. The van der Waals surface area contributed by atoms with E-state index in [2.05, 4.69) is 15.3 Å². The molecule has 0 unspecified atom stereocenters. The summed E-state index contributed by atoms with van der Waals surface area (Å²) in [4.78, 5) is 30.7. The van der Waals surface area contributed by atoms with Gasteiger partial charge in [0.1, 0.15) is 24.0 Å². The van der Waals surface area contributed by atoms with Gasteiger partial charge in [0.25, 0.3) is 5.56 Å². The Hall–Kier alpha value is -2.77. The zero-order valence-electron chi connectivity index (χ0n) is 16.0. The van der Waals surface area contributed by atoms with E-state index in [1.807, 2.05) is 0 Å². The predicted octanol–water partition coefficient (Wildman–Crippen LogP) is -2.87. The van der Waals surface area contributed by atoms with Gasteiger partial charge in [0, 0.05) is 25.5 Å². The fourth-order valence-corrected chi connectivity index (χ4v) is 3.17. The number of fused-ring (bicyclic) bond motifs is 2. The Labute approximate surface area is 169 Å². The lowest BCUT2D eigenvalue weighted by molar-refractivity contribution is -0.127. The number of H-pyrrole nitrogens is 1. The van der Waals surface area contributed by atoms with Crippen molar-refractivity contribution in [3.63, 3.8) is 0 Å². The average Bonchev–Trinajstić information content (AvgIpc) is 3.16. The normalized spacial score (nSPS) is 17.9. The number of aliphatic hydroxyl groups excluding tert-OH is 5. The van der Waals surface area contributed by atoms with Crippen molar-refractivity contribution >= 4 is 16.9 Å². The SMILES string of the molecule is CC(=O)N[C@@H]([C@@H](O)[C@H](O)[C@H](O)CO)[C@@H](O)Cc1nc2cc3c(cc2[nH]c1=O)OCO3. The maximum Gasteiger partial charge on any atom is 0.270 e. The van der Waals surface area contributed by atoms with E-state index < -0.39 is 48.5 Å². The van der Waals surface area contributed by atoms with Crippen molar-refractivity contribution in [3.05, 3.63) is 28.2 Å². The van der Waals surface area contributed by atoms with Gasteiger partial charge >= 0.3 is 0 Å². The van der Waals surface area contributed by atoms with Gasteiger partial charge in [0.05, 0.1) is 29.8 Å². The summed E-state index contributed by atoms with van der Waals surface area (Å²) in [5.41, 5.74) is 0.0666. The molecule has 0 fully saturated rings. The van der Waals surface area contributed by atoms with Gasteiger partial charge in [-0.3, -0.25) is 9.59 Å². The van der Waals surface area contributed by atoms with E-state index in [-0.39, 0.29) is 18.9 Å². The van der Waals surface area contributed by atoms with Gasteiger partial charge in [-0.15, -0.1) is 0 Å². The fraction of sp³-hybridized carbons (Fsp3) is 0.500. The highest BCUT2D eigenvalue weighted by Gasteiger charge is 2.36. The minimum absolute atomic E-state index is 0.0414. The summed E-state index contributed by atoms with van der Waals surface area (Å²) in [6.07, 6.45) is -7.33. The summed E-state index contributed by atoms with van der Waals surface area (Å²) in [7, 11) is 0. The van der Waals surface area contributed by atoms with Crippen LogP contribution in [0.2, 0.25) is 0 Å². The number of aromatic nitrogens is 2. The quantitative estimate of drug-likeness (QED) is 0.231. The van der Waals surface area contributed by atoms with Gasteiger partial charge in [-0.2, -0.15) is 0 Å². The number of benzene rings is 1. The molecule has 1 aliphatic heterocycles. The Balaban J connectivity index is 1.87. The molecule has 7 N–H and O–H groups in total. The molecule has 1 amide bonds. The van der Waals surface area contributed by atoms with E-state index in [4.69, 9.17) is 14.6 Å². The van der Waals surface area contributed by atoms with Crippen molar-refractivity contribution < 1.29 is 39.8 Å². The van der Waals surface area contributed by atoms with E-state index in [0.717, 1.165) is 6.92 Å². The molecule has 3 rings (SSSR count). The smallest absolute Gasteiger partial charge is 0.270 e. The lowest BCUT2D eigenvalue weighted by Crippen LogP contribution is -2.57. The number of ether oxygens (including phenoxy) is 2. The molecule has 0 aliphatic carbocycles. The van der Waals surface area contributed by atoms with Crippen LogP contribution in [0.3, 0.4) is 0 Å². The van der Waals surface area contributed by atoms with Crippen molar-refractivity contribution in [2.75, 3.05) is 13.4 Å². The predicted molar refractivity (Wildman–Crippen MR) is 101 cm³/mol. The summed E-state index contributed by atoms with van der Waals surface area (Å²) < 4.78 is 10.5. The molecule has 1 aromatic heterocycles. The topological polar surface area (TPSA) is 194 Å². The zero-order chi connectivity index (χ0) is 22.0. The van der Waals surface area contributed by atoms with Crippen molar-refractivity contribution in [2.45, 2.75) is 43.8 Å². The van der Waals surface area contributed by atoms with E-state index in [1.165, 1.54) is 0 Å². The first-order valence-corrected chi connectivity index (χ1v) is 9.14. The Morgan fingerprint density at radius 1 is 1.17 bits per heavy atom. The van der Waals surface area contributed by atoms with Crippen molar-refractivity contribution in [3.8, 4) is 11.5 Å². The number of hydrogen-bond donors (Lipinski definition) is 7. The summed E-state index contributed by atoms with van der Waals surface area (Å²) in [6.45, 7) is 0.327. The summed E-state index contributed by atoms with van der Waals surface area (Å²) in [5, 5.41) is 51.6. The lowest BCUT2D eigenvalue weighted by atomic mass is 9.94. The molecule has 0 bridgehead atoms. The van der Waals surface area contributed by atoms with Crippen LogP contribution in [0.25, 0.3) is 11.0 Å². The van der Waals surface area contributed by atoms with Gasteiger partial charge in [-0.1, -0.05) is 0 Å². The van der Waals surface area contributed by atoms with Crippen LogP contribution in [0.4, 0.5) is 0 Å². The average molecular weight is 425 g/mol. The molecule has 30 heavy (non-hydrogen) atoms. The molecular formula is C18H23N3O9. The monoisotopic (exact) mass is 425 g/mol. The highest BCUT2D eigenvalue weighted by molar-refractivity contribution is 5.79. The standard InChI is InChI=1S/C18H23N3O9/c1-7(23)19-15(17(27)16(26)12(25)5-22)11(24)2-10-18(28)21-9-4-14-13(29-6-30-14)3-8(9)20-10/h3-4,11-12,15-17,22,24-27H,2,5-6H2,1H3,(H,19,23)(H,21,28)/t11-,12+,15+,16+,17+/m0/s1. The molecule has 1 aliphatic rings. The Morgan fingerprint density at radius 3 is 2.47 bits per heavy atom. The number of aliphatic hydroxyl groups is 5. The fourth-order valence-electron chi connectivity index (χ4n) is 3.17. The number of hydrogen-bond acceptors (Lipinski definition) is 10. The molecule has 0 saturated heterocycles. The second-order valence-electron chi connectivity index (χ2n) is 6.96. The molecule has 0 spiro atoms. The molecule has 2 heterocycles. The van der Waals surface area contributed by atoms with Crippen molar-refractivity contribution in [1.29, 1.82) is 0 Å². The third kappa shape index (κ3) is 4.52. The minimum atomic E-state index is -1.86. The molecule has 164 valence electrons. The van der Waals surface area contributed by atoms with Crippen LogP contribution in [-0.2, 0) is 11.2 Å². The van der Waals surface area contributed by atoms with Crippen molar-refractivity contribution in [2.24, 2.45) is 0 Å². The largest absolute Gasteiger partial charge is 0.454 e. The number of rotatable bonds is 8. The maximum atomic E-state index is 12.4. The number of nitrogens with zero attached hydrogens (tertiary/aromatic N) is 1. The lowest BCUT2D eigenvalue weighted by Gasteiger charge is -2.32. The van der Waals surface area contributed by atoms with Gasteiger partial charge in [0.2, 0.25) is 12.7 Å². The molecule has 0 radical (unpaired) electrons. The first kappa shape index (κ1) is 21.9. The van der Waals surface area contributed by atoms with Crippen molar-refractivity contribution in [1.82, 2.24) is 15.3 Å². The first-order valence-electron chi connectivity index (χ1n) is 9.14. The highest BCUT2D eigenvalue weighted by Crippen LogP contribution is 2.34. The third-order valence-corrected chi connectivity index (χ3v) is 4.74. The minimum Gasteiger partial charge on any atom is -0.454 e. The van der Waals surface area contributed by atoms with E-state index in [9.17, 15) is 30.0 Å². The molecule has 12 heteroatoms. The van der Waals surface area contributed by atoms with Crippen LogP contribution in [0, 0.1) is 0 Å². The molecule has 5 atom stereocenters. The summed E-state index contributed by atoms with van der Waals surface area (Å²) in [6, 6.07) is 1.67. The molecule has 0 saturated carbocycles. The van der Waals surface area contributed by atoms with Crippen LogP contribution in [0.5, 0.6) is 11.5 Å². The second kappa shape index (κ2) is 8.93. The van der Waals surface area contributed by atoms with Crippen LogP contribution in [-0.4, -0.2) is 85.3 Å². The Morgan fingerprint density at radius 2 is 1.83 bits per heavy atom. The first-order chi connectivity index (χ1) is 14.2. The number of aromatic amines is 1. The third-order valence-electron chi connectivity index (χ3n) is 4.74. The second-order valence-corrected chi connectivity index (χ2v) is 6.96. The zero-order valence-corrected chi connectivity index (χ0v) is 16.0. The molecule has 1 aromatic carbocycles. The van der Waals surface area contributed by atoms with E-state index in [0.29, 0.717) is 22.5 Å². The Kier molecular flexibility index (Phi) is 6.53. The summed E-state index contributed by atoms with van der Waals surface area (Å²) >= 11 is 0.